The first-order valence-corrected chi connectivity index (χ1v) is 10.6. The molecule has 6 rings (SSSR count). The number of anilines is 2. The number of H-pyrrole nitrogens is 2. The Morgan fingerprint density at radius 1 is 1.00 bits per heavy atom. The minimum absolute atomic E-state index is 0.0178. The maximum absolute atomic E-state index is 12.6. The smallest absolute Gasteiger partial charge is 0.255 e. The summed E-state index contributed by atoms with van der Waals surface area (Å²) in [6.07, 6.45) is 0. The molecule has 0 unspecified atom stereocenters. The van der Waals surface area contributed by atoms with E-state index >= 15 is 0 Å². The molecule has 5 aromatic rings. The van der Waals surface area contributed by atoms with Crippen molar-refractivity contribution in [2.24, 2.45) is 0 Å². The predicted octanol–water partition coefficient (Wildman–Crippen LogP) is 4.59. The molecule has 0 radical (unpaired) electrons. The van der Waals surface area contributed by atoms with E-state index in [0.717, 1.165) is 38.9 Å². The molecule has 2 aromatic heterocycles. The van der Waals surface area contributed by atoms with Gasteiger partial charge in [-0.15, -0.1) is 0 Å². The van der Waals surface area contributed by atoms with Crippen LogP contribution in [0.2, 0.25) is 0 Å². The van der Waals surface area contributed by atoms with E-state index < -0.39 is 5.41 Å². The van der Waals surface area contributed by atoms with Crippen LogP contribution in [0.1, 0.15) is 29.8 Å². The number of rotatable bonds is 3. The van der Waals surface area contributed by atoms with Gasteiger partial charge in [-0.1, -0.05) is 18.2 Å². The lowest BCUT2D eigenvalue weighted by molar-refractivity contribution is -0.119. The van der Waals surface area contributed by atoms with Gasteiger partial charge in [0.1, 0.15) is 5.69 Å². The average molecular weight is 436 g/mol. The highest BCUT2D eigenvalue weighted by molar-refractivity contribution is 6.08. The Morgan fingerprint density at radius 2 is 1.82 bits per heavy atom. The van der Waals surface area contributed by atoms with Crippen LogP contribution in [-0.4, -0.2) is 32.0 Å². The zero-order valence-corrected chi connectivity index (χ0v) is 18.0. The molecule has 2 amide bonds. The molecule has 8 nitrogen and oxygen atoms in total. The molecule has 3 heterocycles. The van der Waals surface area contributed by atoms with E-state index in [9.17, 15) is 9.59 Å². The van der Waals surface area contributed by atoms with Gasteiger partial charge in [-0.25, -0.2) is 4.98 Å². The molecule has 0 saturated heterocycles. The number of fused-ring (bicyclic) bond motifs is 3. The summed E-state index contributed by atoms with van der Waals surface area (Å²) in [6.45, 7) is 3.81. The third-order valence-corrected chi connectivity index (χ3v) is 6.19. The lowest BCUT2D eigenvalue weighted by atomic mass is 9.86. The fourth-order valence-electron chi connectivity index (χ4n) is 4.26. The van der Waals surface area contributed by atoms with Crippen molar-refractivity contribution in [3.05, 3.63) is 71.8 Å². The van der Waals surface area contributed by atoms with Crippen LogP contribution >= 0.6 is 0 Å². The first-order valence-electron chi connectivity index (χ1n) is 10.6. The van der Waals surface area contributed by atoms with Crippen molar-refractivity contribution >= 4 is 45.1 Å². The van der Waals surface area contributed by atoms with Crippen LogP contribution in [-0.2, 0) is 10.2 Å². The van der Waals surface area contributed by atoms with Gasteiger partial charge in [-0.05, 0) is 61.9 Å². The number of aromatic nitrogens is 4. The summed E-state index contributed by atoms with van der Waals surface area (Å²) in [4.78, 5) is 32.9. The average Bonchev–Trinajstić information content (AvgIpc) is 3.47. The second-order valence-electron chi connectivity index (χ2n) is 8.73. The molecule has 0 aliphatic carbocycles. The van der Waals surface area contributed by atoms with Gasteiger partial charge in [-0.3, -0.25) is 14.7 Å². The SMILES string of the molecule is CC1(C)C(=O)Nc2cc3nc(-c4n[nH]c5cc(C(=O)Nc6ccccc6)ccc45)[nH]c3cc21. The standard InChI is InChI=1S/C25H20N6O2/c1-25(2)16-11-19-20(12-18(16)29-24(25)33)28-22(27-19)21-15-9-8-13(10-17(15)30-31-21)23(32)26-14-6-4-3-5-7-14/h3-12H,1-2H3,(H,26,32)(H,27,28)(H,29,33)(H,30,31). The molecule has 33 heavy (non-hydrogen) atoms. The van der Waals surface area contributed by atoms with Gasteiger partial charge in [0.25, 0.3) is 5.91 Å². The second-order valence-corrected chi connectivity index (χ2v) is 8.73. The quantitative estimate of drug-likeness (QED) is 0.331. The van der Waals surface area contributed by atoms with Gasteiger partial charge in [0.15, 0.2) is 5.82 Å². The summed E-state index contributed by atoms with van der Waals surface area (Å²) in [7, 11) is 0. The van der Waals surface area contributed by atoms with E-state index in [1.54, 1.807) is 12.1 Å². The van der Waals surface area contributed by atoms with E-state index in [2.05, 4.69) is 25.8 Å². The van der Waals surface area contributed by atoms with Crippen molar-refractivity contribution in [2.75, 3.05) is 10.6 Å². The van der Waals surface area contributed by atoms with Gasteiger partial charge >= 0.3 is 0 Å². The van der Waals surface area contributed by atoms with E-state index in [4.69, 9.17) is 4.98 Å². The number of carbonyl (C=O) groups is 2. The monoisotopic (exact) mass is 436 g/mol. The zero-order chi connectivity index (χ0) is 22.7. The Kier molecular flexibility index (Phi) is 3.95. The highest BCUT2D eigenvalue weighted by Gasteiger charge is 2.38. The van der Waals surface area contributed by atoms with E-state index in [-0.39, 0.29) is 11.8 Å². The van der Waals surface area contributed by atoms with E-state index in [1.807, 2.05) is 62.4 Å². The Morgan fingerprint density at radius 3 is 2.64 bits per heavy atom. The summed E-state index contributed by atoms with van der Waals surface area (Å²) in [5.74, 6) is 0.406. The number of imidazole rings is 1. The molecule has 1 aliphatic heterocycles. The fourth-order valence-corrected chi connectivity index (χ4v) is 4.26. The van der Waals surface area contributed by atoms with Crippen LogP contribution in [0, 0.1) is 0 Å². The highest BCUT2D eigenvalue weighted by Crippen LogP contribution is 2.40. The normalized spacial score (nSPS) is 14.4. The van der Waals surface area contributed by atoms with Crippen LogP contribution in [0.4, 0.5) is 11.4 Å². The third-order valence-electron chi connectivity index (χ3n) is 6.19. The van der Waals surface area contributed by atoms with Gasteiger partial charge in [-0.2, -0.15) is 5.10 Å². The number of nitrogens with one attached hydrogen (secondary N) is 4. The van der Waals surface area contributed by atoms with Crippen molar-refractivity contribution < 1.29 is 9.59 Å². The molecule has 162 valence electrons. The van der Waals surface area contributed by atoms with E-state index in [0.29, 0.717) is 17.1 Å². The van der Waals surface area contributed by atoms with Crippen LogP contribution in [0.15, 0.2) is 60.7 Å². The van der Waals surface area contributed by atoms with Gasteiger partial charge in [0.2, 0.25) is 5.91 Å². The number of benzene rings is 3. The van der Waals surface area contributed by atoms with Gasteiger partial charge in [0.05, 0.1) is 22.0 Å². The first-order chi connectivity index (χ1) is 15.9. The number of amides is 2. The molecule has 0 fully saturated rings. The van der Waals surface area contributed by atoms with Gasteiger partial charge < -0.3 is 15.6 Å². The Balaban J connectivity index is 1.35. The predicted molar refractivity (Wildman–Crippen MR) is 127 cm³/mol. The second kappa shape index (κ2) is 6.77. The Labute approximate surface area is 188 Å². The van der Waals surface area contributed by atoms with Crippen LogP contribution < -0.4 is 10.6 Å². The molecule has 4 N–H and O–H groups in total. The van der Waals surface area contributed by atoms with Crippen molar-refractivity contribution in [1.29, 1.82) is 0 Å². The minimum atomic E-state index is -0.593. The number of para-hydroxylation sites is 1. The van der Waals surface area contributed by atoms with Crippen LogP contribution in [0.5, 0.6) is 0 Å². The maximum Gasteiger partial charge on any atom is 0.255 e. The molecule has 1 aliphatic rings. The van der Waals surface area contributed by atoms with Crippen molar-refractivity contribution in [1.82, 2.24) is 20.2 Å². The topological polar surface area (TPSA) is 116 Å². The maximum atomic E-state index is 12.6. The minimum Gasteiger partial charge on any atom is -0.337 e. The number of nitrogens with zero attached hydrogens (tertiary/aromatic N) is 2. The Bertz CT molecular complexity index is 1580. The molecular formula is C25H20N6O2. The summed E-state index contributed by atoms with van der Waals surface area (Å²) in [5.41, 5.74) is 5.39. The highest BCUT2D eigenvalue weighted by atomic mass is 16.2. The summed E-state index contributed by atoms with van der Waals surface area (Å²) < 4.78 is 0. The largest absolute Gasteiger partial charge is 0.337 e. The van der Waals surface area contributed by atoms with Crippen molar-refractivity contribution in [3.63, 3.8) is 0 Å². The zero-order valence-electron chi connectivity index (χ0n) is 18.0. The molecule has 0 saturated carbocycles. The van der Waals surface area contributed by atoms with Gasteiger partial charge in [0, 0.05) is 22.3 Å². The molecular weight excluding hydrogens is 416 g/mol. The first kappa shape index (κ1) is 19.2. The summed E-state index contributed by atoms with van der Waals surface area (Å²) in [5, 5.41) is 14.1. The number of aromatic amines is 2. The van der Waals surface area contributed by atoms with Crippen LogP contribution in [0.25, 0.3) is 33.5 Å². The molecule has 3 aromatic carbocycles. The summed E-state index contributed by atoms with van der Waals surface area (Å²) >= 11 is 0. The number of hydrogen-bond acceptors (Lipinski definition) is 4. The number of hydrogen-bond donors (Lipinski definition) is 4. The lowest BCUT2D eigenvalue weighted by Gasteiger charge is -2.14. The van der Waals surface area contributed by atoms with Crippen molar-refractivity contribution in [2.45, 2.75) is 19.3 Å². The fraction of sp³-hybridized carbons (Fsp3) is 0.120. The molecule has 0 atom stereocenters. The number of carbonyl (C=O) groups excluding carboxylic acids is 2. The molecule has 0 spiro atoms. The lowest BCUT2D eigenvalue weighted by Crippen LogP contribution is -2.26. The van der Waals surface area contributed by atoms with Crippen molar-refractivity contribution in [3.8, 4) is 11.5 Å². The van der Waals surface area contributed by atoms with Crippen LogP contribution in [0.3, 0.4) is 0 Å². The Hall–Kier alpha value is -4.46. The third kappa shape index (κ3) is 2.99. The van der Waals surface area contributed by atoms with E-state index in [1.165, 1.54) is 0 Å². The molecule has 8 heteroatoms. The molecule has 0 bridgehead atoms. The summed E-state index contributed by atoms with van der Waals surface area (Å²) in [6, 6.07) is 18.6.